The summed E-state index contributed by atoms with van der Waals surface area (Å²) in [6.07, 6.45) is 4.16. The molecule has 1 saturated heterocycles. The monoisotopic (exact) mass is 307 g/mol. The molecule has 2 atom stereocenters. The maximum atomic E-state index is 13.0. The molecular formula is C17H22ClNO2. The van der Waals surface area contributed by atoms with E-state index in [-0.39, 0.29) is 5.78 Å². The first-order valence-corrected chi connectivity index (χ1v) is 8.09. The lowest BCUT2D eigenvalue weighted by atomic mass is 9.76. The van der Waals surface area contributed by atoms with Crippen molar-refractivity contribution in [1.82, 2.24) is 5.32 Å². The van der Waals surface area contributed by atoms with Gasteiger partial charge >= 0.3 is 0 Å². The van der Waals surface area contributed by atoms with E-state index in [1.165, 1.54) is 6.42 Å². The van der Waals surface area contributed by atoms with Crippen LogP contribution < -0.4 is 5.32 Å². The van der Waals surface area contributed by atoms with Crippen molar-refractivity contribution in [1.29, 1.82) is 0 Å². The molecule has 2 fully saturated rings. The number of rotatable bonds is 1. The van der Waals surface area contributed by atoms with Crippen LogP contribution in [0.15, 0.2) is 12.1 Å². The molecule has 3 nitrogen and oxygen atoms in total. The second-order valence-corrected chi connectivity index (χ2v) is 6.96. The standard InChI is InChI=1S/C17H22ClNO2/c1-10-8-12(18)9-11(2)13(10)14-15(20)17(19-16(14)21)6-4-3-5-7-17/h8-9,14,16,19,21H,3-7H2,1-2H3. The van der Waals surface area contributed by atoms with Gasteiger partial charge in [-0.2, -0.15) is 0 Å². The van der Waals surface area contributed by atoms with Gasteiger partial charge in [0.15, 0.2) is 5.78 Å². The lowest BCUT2D eigenvalue weighted by Gasteiger charge is -2.32. The zero-order chi connectivity index (χ0) is 15.2. The third kappa shape index (κ3) is 2.41. The van der Waals surface area contributed by atoms with Crippen molar-refractivity contribution >= 4 is 17.4 Å². The summed E-state index contributed by atoms with van der Waals surface area (Å²) in [6.45, 7) is 3.92. The van der Waals surface area contributed by atoms with Crippen LogP contribution in [0.4, 0.5) is 0 Å². The van der Waals surface area contributed by atoms with Crippen LogP contribution in [0.25, 0.3) is 0 Å². The summed E-state index contributed by atoms with van der Waals surface area (Å²) in [6, 6.07) is 3.74. The molecule has 1 aliphatic heterocycles. The van der Waals surface area contributed by atoms with Gasteiger partial charge in [0.2, 0.25) is 0 Å². The van der Waals surface area contributed by atoms with Gasteiger partial charge in [-0.15, -0.1) is 0 Å². The molecule has 1 spiro atoms. The Morgan fingerprint density at radius 3 is 2.33 bits per heavy atom. The molecule has 1 aromatic rings. The van der Waals surface area contributed by atoms with Gasteiger partial charge in [0.05, 0.1) is 11.5 Å². The van der Waals surface area contributed by atoms with Gasteiger partial charge in [0.1, 0.15) is 6.23 Å². The molecule has 0 bridgehead atoms. The third-order valence-electron chi connectivity index (χ3n) is 5.07. The van der Waals surface area contributed by atoms with Crippen LogP contribution in [0.2, 0.25) is 5.02 Å². The van der Waals surface area contributed by atoms with Crippen molar-refractivity contribution in [2.24, 2.45) is 0 Å². The van der Waals surface area contributed by atoms with Crippen LogP contribution in [-0.4, -0.2) is 22.7 Å². The first kappa shape index (κ1) is 15.0. The van der Waals surface area contributed by atoms with E-state index in [0.29, 0.717) is 5.02 Å². The second-order valence-electron chi connectivity index (χ2n) is 6.53. The van der Waals surface area contributed by atoms with Gasteiger partial charge in [-0.1, -0.05) is 30.9 Å². The highest BCUT2D eigenvalue weighted by molar-refractivity contribution is 6.30. The van der Waals surface area contributed by atoms with E-state index in [1.807, 2.05) is 26.0 Å². The van der Waals surface area contributed by atoms with Gasteiger partial charge in [0.25, 0.3) is 0 Å². The Bertz CT molecular complexity index is 555. The fraction of sp³-hybridized carbons (Fsp3) is 0.588. The Kier molecular flexibility index (Phi) is 3.85. The van der Waals surface area contributed by atoms with Crippen molar-refractivity contribution < 1.29 is 9.90 Å². The summed E-state index contributed by atoms with van der Waals surface area (Å²) in [7, 11) is 0. The Labute approximate surface area is 130 Å². The van der Waals surface area contributed by atoms with E-state index in [9.17, 15) is 9.90 Å². The lowest BCUT2D eigenvalue weighted by molar-refractivity contribution is -0.124. The fourth-order valence-electron chi connectivity index (χ4n) is 4.13. The van der Waals surface area contributed by atoms with Crippen LogP contribution in [0.5, 0.6) is 0 Å². The van der Waals surface area contributed by atoms with Crippen LogP contribution in [0.3, 0.4) is 0 Å². The summed E-state index contributed by atoms with van der Waals surface area (Å²) in [4.78, 5) is 13.0. The molecule has 0 radical (unpaired) electrons. The molecule has 2 N–H and O–H groups in total. The lowest BCUT2D eigenvalue weighted by Crippen LogP contribution is -2.48. The highest BCUT2D eigenvalue weighted by Gasteiger charge is 2.53. The Morgan fingerprint density at radius 1 is 1.19 bits per heavy atom. The molecule has 0 amide bonds. The number of ketones is 1. The fourth-order valence-corrected chi connectivity index (χ4v) is 4.45. The minimum absolute atomic E-state index is 0.156. The van der Waals surface area contributed by atoms with E-state index in [0.717, 1.165) is 42.4 Å². The Hall–Kier alpha value is -0.900. The maximum absolute atomic E-state index is 13.0. The molecule has 1 aromatic carbocycles. The van der Waals surface area contributed by atoms with Crippen molar-refractivity contribution in [3.63, 3.8) is 0 Å². The Morgan fingerprint density at radius 2 is 1.76 bits per heavy atom. The molecule has 0 aromatic heterocycles. The zero-order valence-electron chi connectivity index (χ0n) is 12.6. The number of Topliss-reactive ketones (excluding diaryl/α,β-unsaturated/α-hetero) is 1. The molecule has 1 heterocycles. The first-order valence-electron chi connectivity index (χ1n) is 7.71. The van der Waals surface area contributed by atoms with E-state index >= 15 is 0 Å². The molecule has 1 aliphatic carbocycles. The van der Waals surface area contributed by atoms with Gasteiger partial charge in [-0.05, 0) is 55.5 Å². The average molecular weight is 308 g/mol. The first-order chi connectivity index (χ1) is 9.94. The molecule has 114 valence electrons. The molecule has 1 saturated carbocycles. The van der Waals surface area contributed by atoms with Crippen molar-refractivity contribution in [2.45, 2.75) is 63.6 Å². The van der Waals surface area contributed by atoms with Crippen LogP contribution >= 0.6 is 11.6 Å². The molecule has 3 rings (SSSR count). The highest BCUT2D eigenvalue weighted by Crippen LogP contribution is 2.42. The molecule has 4 heteroatoms. The quantitative estimate of drug-likeness (QED) is 0.837. The van der Waals surface area contributed by atoms with Crippen LogP contribution in [-0.2, 0) is 4.79 Å². The van der Waals surface area contributed by atoms with Crippen LogP contribution in [0, 0.1) is 13.8 Å². The average Bonchev–Trinajstić information content (AvgIpc) is 2.63. The van der Waals surface area contributed by atoms with E-state index in [1.54, 1.807) is 0 Å². The summed E-state index contributed by atoms with van der Waals surface area (Å²) in [5.74, 6) is -0.316. The van der Waals surface area contributed by atoms with E-state index in [2.05, 4.69) is 5.32 Å². The van der Waals surface area contributed by atoms with Gasteiger partial charge < -0.3 is 5.11 Å². The summed E-state index contributed by atoms with van der Waals surface area (Å²) in [5, 5.41) is 14.4. The van der Waals surface area contributed by atoms with Crippen molar-refractivity contribution in [3.8, 4) is 0 Å². The normalized spacial score (nSPS) is 28.3. The van der Waals surface area contributed by atoms with Gasteiger partial charge in [0, 0.05) is 5.02 Å². The van der Waals surface area contributed by atoms with Gasteiger partial charge in [-0.3, -0.25) is 10.1 Å². The van der Waals surface area contributed by atoms with E-state index < -0.39 is 17.7 Å². The third-order valence-corrected chi connectivity index (χ3v) is 5.29. The minimum atomic E-state index is -0.797. The number of aryl methyl sites for hydroxylation is 2. The zero-order valence-corrected chi connectivity index (χ0v) is 13.3. The van der Waals surface area contributed by atoms with Crippen molar-refractivity contribution in [3.05, 3.63) is 33.8 Å². The highest BCUT2D eigenvalue weighted by atomic mass is 35.5. The Balaban J connectivity index is 2.01. The minimum Gasteiger partial charge on any atom is -0.377 e. The number of benzene rings is 1. The molecular weight excluding hydrogens is 286 g/mol. The predicted molar refractivity (Wildman–Crippen MR) is 83.6 cm³/mol. The predicted octanol–water partition coefficient (Wildman–Crippen LogP) is 3.23. The molecule has 2 aliphatic rings. The van der Waals surface area contributed by atoms with Crippen molar-refractivity contribution in [2.75, 3.05) is 0 Å². The number of halogens is 1. The van der Waals surface area contributed by atoms with Crippen LogP contribution in [0.1, 0.15) is 54.7 Å². The number of nitrogens with one attached hydrogen (secondary N) is 1. The largest absolute Gasteiger partial charge is 0.377 e. The number of aliphatic hydroxyl groups is 1. The summed E-state index contributed by atoms with van der Waals surface area (Å²) >= 11 is 6.08. The smallest absolute Gasteiger partial charge is 0.164 e. The molecule has 2 unspecified atom stereocenters. The van der Waals surface area contributed by atoms with Gasteiger partial charge in [-0.25, -0.2) is 0 Å². The number of hydrogen-bond acceptors (Lipinski definition) is 3. The second kappa shape index (κ2) is 5.38. The summed E-state index contributed by atoms with van der Waals surface area (Å²) < 4.78 is 0. The number of carbonyl (C=O) groups excluding carboxylic acids is 1. The summed E-state index contributed by atoms with van der Waals surface area (Å²) in [5.41, 5.74) is 2.38. The number of aliphatic hydroxyl groups excluding tert-OH is 1. The maximum Gasteiger partial charge on any atom is 0.164 e. The van der Waals surface area contributed by atoms with E-state index in [4.69, 9.17) is 11.6 Å². The number of carbonyl (C=O) groups is 1. The number of hydrogen-bond donors (Lipinski definition) is 2. The SMILES string of the molecule is Cc1cc(Cl)cc(C)c1C1C(=O)C2(CCCCC2)NC1O. The topological polar surface area (TPSA) is 49.3 Å². The molecule has 21 heavy (non-hydrogen) atoms.